The highest BCUT2D eigenvalue weighted by molar-refractivity contribution is 9.10. The summed E-state index contributed by atoms with van der Waals surface area (Å²) in [6, 6.07) is 3.23. The number of anilines is 2. The highest BCUT2D eigenvalue weighted by Gasteiger charge is 2.39. The van der Waals surface area contributed by atoms with Crippen molar-refractivity contribution in [3.05, 3.63) is 22.2 Å². The standard InChI is InChI=1S/C13H15BrF2N4/c1-6(17)20-10-8(19-13(2,3)12(20)18)5-4-7(14)9(10)11(15)16/h4-5,11,17-19H,1-3H3. The van der Waals surface area contributed by atoms with Crippen LogP contribution in [-0.2, 0) is 0 Å². The molecule has 0 aliphatic carbocycles. The van der Waals surface area contributed by atoms with Gasteiger partial charge < -0.3 is 5.32 Å². The molecule has 0 radical (unpaired) electrons. The molecule has 20 heavy (non-hydrogen) atoms. The van der Waals surface area contributed by atoms with Crippen LogP contribution < -0.4 is 10.2 Å². The van der Waals surface area contributed by atoms with Crippen molar-refractivity contribution in [2.75, 3.05) is 10.2 Å². The van der Waals surface area contributed by atoms with Crippen molar-refractivity contribution >= 4 is 39.0 Å². The van der Waals surface area contributed by atoms with E-state index >= 15 is 0 Å². The topological polar surface area (TPSA) is 63.0 Å². The van der Waals surface area contributed by atoms with Crippen LogP contribution in [0, 0.1) is 10.8 Å². The van der Waals surface area contributed by atoms with Gasteiger partial charge in [-0.05, 0) is 32.9 Å². The first-order valence-corrected chi connectivity index (χ1v) is 6.79. The molecule has 0 aromatic heterocycles. The maximum atomic E-state index is 13.3. The lowest BCUT2D eigenvalue weighted by molar-refractivity contribution is 0.151. The van der Waals surface area contributed by atoms with Crippen molar-refractivity contribution in [1.29, 1.82) is 10.8 Å². The van der Waals surface area contributed by atoms with Gasteiger partial charge in [-0.2, -0.15) is 0 Å². The summed E-state index contributed by atoms with van der Waals surface area (Å²) in [7, 11) is 0. The maximum Gasteiger partial charge on any atom is 0.267 e. The Kier molecular flexibility index (Phi) is 3.58. The lowest BCUT2D eigenvalue weighted by Gasteiger charge is -2.42. The summed E-state index contributed by atoms with van der Waals surface area (Å²) in [6.07, 6.45) is -2.70. The van der Waals surface area contributed by atoms with E-state index in [0.717, 1.165) is 0 Å². The van der Waals surface area contributed by atoms with Gasteiger partial charge in [-0.25, -0.2) is 8.78 Å². The van der Waals surface area contributed by atoms with E-state index in [-0.39, 0.29) is 27.4 Å². The minimum atomic E-state index is -2.70. The number of rotatable bonds is 1. The van der Waals surface area contributed by atoms with Gasteiger partial charge in [0, 0.05) is 4.47 Å². The quantitative estimate of drug-likeness (QED) is 0.523. The average molecular weight is 345 g/mol. The number of halogens is 3. The Morgan fingerprint density at radius 2 is 2.00 bits per heavy atom. The third kappa shape index (κ3) is 2.19. The highest BCUT2D eigenvalue weighted by atomic mass is 79.9. The molecular formula is C13H15BrF2N4. The molecule has 1 aliphatic heterocycles. The first kappa shape index (κ1) is 14.9. The Bertz CT molecular complexity index is 598. The molecule has 0 unspecified atom stereocenters. The normalized spacial score (nSPS) is 16.9. The van der Waals surface area contributed by atoms with Crippen LogP contribution in [0.3, 0.4) is 0 Å². The van der Waals surface area contributed by atoms with Crippen LogP contribution in [0.5, 0.6) is 0 Å². The fraction of sp³-hybridized carbons (Fsp3) is 0.385. The number of nitrogens with one attached hydrogen (secondary N) is 3. The molecule has 0 saturated heterocycles. The van der Waals surface area contributed by atoms with Gasteiger partial charge >= 0.3 is 0 Å². The van der Waals surface area contributed by atoms with Crippen LogP contribution in [0.2, 0.25) is 0 Å². The molecule has 0 spiro atoms. The van der Waals surface area contributed by atoms with Crippen LogP contribution in [0.15, 0.2) is 16.6 Å². The Morgan fingerprint density at radius 1 is 1.40 bits per heavy atom. The molecule has 108 valence electrons. The fourth-order valence-corrected chi connectivity index (χ4v) is 2.75. The summed E-state index contributed by atoms with van der Waals surface area (Å²) in [5.41, 5.74) is -0.271. The maximum absolute atomic E-state index is 13.3. The molecule has 2 rings (SSSR count). The summed E-state index contributed by atoms with van der Waals surface area (Å²) in [5, 5.41) is 19.1. The third-order valence-electron chi connectivity index (χ3n) is 3.20. The van der Waals surface area contributed by atoms with E-state index in [0.29, 0.717) is 5.69 Å². The minimum Gasteiger partial charge on any atom is -0.371 e. The molecule has 1 aromatic carbocycles. The van der Waals surface area contributed by atoms with E-state index in [1.54, 1.807) is 26.0 Å². The molecule has 1 heterocycles. The summed E-state index contributed by atoms with van der Waals surface area (Å²) in [4.78, 5) is 1.26. The number of nitrogens with zero attached hydrogens (tertiary/aromatic N) is 1. The number of amidine groups is 2. The van der Waals surface area contributed by atoms with E-state index < -0.39 is 12.0 Å². The summed E-state index contributed by atoms with van der Waals surface area (Å²) in [5.74, 6) is 0.100. The zero-order valence-electron chi connectivity index (χ0n) is 11.3. The van der Waals surface area contributed by atoms with E-state index in [2.05, 4.69) is 21.2 Å². The first-order valence-electron chi connectivity index (χ1n) is 6.00. The lowest BCUT2D eigenvalue weighted by Crippen LogP contribution is -2.55. The third-order valence-corrected chi connectivity index (χ3v) is 3.90. The largest absolute Gasteiger partial charge is 0.371 e. The highest BCUT2D eigenvalue weighted by Crippen LogP contribution is 2.45. The Morgan fingerprint density at radius 3 is 2.50 bits per heavy atom. The van der Waals surface area contributed by atoms with E-state index in [9.17, 15) is 8.78 Å². The smallest absolute Gasteiger partial charge is 0.267 e. The lowest BCUT2D eigenvalue weighted by atomic mass is 9.95. The molecule has 0 saturated carbocycles. The van der Waals surface area contributed by atoms with Gasteiger partial charge in [-0.1, -0.05) is 15.9 Å². The minimum absolute atomic E-state index is 0.0332. The SMILES string of the molecule is CC(=N)N1C(=N)C(C)(C)Nc2ccc(Br)c(C(F)F)c21. The van der Waals surface area contributed by atoms with Gasteiger partial charge in [0.2, 0.25) is 0 Å². The Labute approximate surface area is 124 Å². The molecule has 0 fully saturated rings. The molecule has 7 heteroatoms. The van der Waals surface area contributed by atoms with Gasteiger partial charge in [0.05, 0.1) is 22.5 Å². The second-order valence-electron chi connectivity index (χ2n) is 5.18. The van der Waals surface area contributed by atoms with Gasteiger partial charge in [-0.3, -0.25) is 15.7 Å². The van der Waals surface area contributed by atoms with Gasteiger partial charge in [0.1, 0.15) is 11.7 Å². The molecular weight excluding hydrogens is 330 g/mol. The molecule has 1 aliphatic rings. The summed E-state index contributed by atoms with van der Waals surface area (Å²) in [6.45, 7) is 5.03. The van der Waals surface area contributed by atoms with Crippen LogP contribution in [0.25, 0.3) is 0 Å². The first-order chi connectivity index (χ1) is 9.16. The second kappa shape index (κ2) is 4.80. The number of fused-ring (bicyclic) bond motifs is 1. The van der Waals surface area contributed by atoms with Gasteiger partial charge in [0.25, 0.3) is 6.43 Å². The summed E-state index contributed by atoms with van der Waals surface area (Å²) >= 11 is 3.13. The zero-order valence-corrected chi connectivity index (χ0v) is 12.9. The number of alkyl halides is 2. The predicted octanol–water partition coefficient (Wildman–Crippen LogP) is 4.37. The van der Waals surface area contributed by atoms with Crippen molar-refractivity contribution in [1.82, 2.24) is 0 Å². The van der Waals surface area contributed by atoms with Crippen molar-refractivity contribution in [3.63, 3.8) is 0 Å². The van der Waals surface area contributed by atoms with E-state index in [4.69, 9.17) is 10.8 Å². The Hall–Kier alpha value is -1.50. The van der Waals surface area contributed by atoms with Crippen LogP contribution in [0.1, 0.15) is 32.8 Å². The second-order valence-corrected chi connectivity index (χ2v) is 6.03. The molecule has 0 amide bonds. The van der Waals surface area contributed by atoms with Crippen molar-refractivity contribution in [3.8, 4) is 0 Å². The fourth-order valence-electron chi connectivity index (χ4n) is 2.26. The Balaban J connectivity index is 2.78. The molecule has 0 bridgehead atoms. The van der Waals surface area contributed by atoms with Crippen LogP contribution in [0.4, 0.5) is 20.2 Å². The predicted molar refractivity (Wildman–Crippen MR) is 80.4 cm³/mol. The number of hydrogen-bond acceptors (Lipinski definition) is 3. The number of hydrogen-bond donors (Lipinski definition) is 3. The van der Waals surface area contributed by atoms with Crippen molar-refractivity contribution < 1.29 is 8.78 Å². The summed E-state index contributed by atoms with van der Waals surface area (Å²) < 4.78 is 27.0. The van der Waals surface area contributed by atoms with Crippen LogP contribution >= 0.6 is 15.9 Å². The van der Waals surface area contributed by atoms with Crippen LogP contribution in [-0.4, -0.2) is 17.2 Å². The molecule has 3 N–H and O–H groups in total. The van der Waals surface area contributed by atoms with Crippen molar-refractivity contribution in [2.45, 2.75) is 32.7 Å². The van der Waals surface area contributed by atoms with Crippen molar-refractivity contribution in [2.24, 2.45) is 0 Å². The average Bonchev–Trinajstić information content (AvgIpc) is 2.30. The number of benzene rings is 1. The molecule has 0 atom stereocenters. The molecule has 4 nitrogen and oxygen atoms in total. The van der Waals surface area contributed by atoms with E-state index in [1.807, 2.05) is 0 Å². The van der Waals surface area contributed by atoms with Gasteiger partial charge in [-0.15, -0.1) is 0 Å². The zero-order chi connectivity index (χ0) is 15.2. The monoisotopic (exact) mass is 344 g/mol. The van der Waals surface area contributed by atoms with Gasteiger partial charge in [0.15, 0.2) is 0 Å². The van der Waals surface area contributed by atoms with E-state index in [1.165, 1.54) is 11.8 Å². The molecule has 1 aromatic rings.